The summed E-state index contributed by atoms with van der Waals surface area (Å²) in [5.41, 5.74) is 5.27. The molecule has 3 N–H and O–H groups in total. The summed E-state index contributed by atoms with van der Waals surface area (Å²) >= 11 is 0. The number of nitrogens with two attached hydrogens (primary N) is 1. The zero-order valence-electron chi connectivity index (χ0n) is 8.56. The first-order valence-corrected chi connectivity index (χ1v) is 4.44. The van der Waals surface area contributed by atoms with Crippen LogP contribution in [0.25, 0.3) is 0 Å². The van der Waals surface area contributed by atoms with Crippen LogP contribution in [0.2, 0.25) is 0 Å². The van der Waals surface area contributed by atoms with Crippen molar-refractivity contribution in [2.45, 2.75) is 13.0 Å². The van der Waals surface area contributed by atoms with E-state index in [0.717, 1.165) is 18.9 Å². The maximum absolute atomic E-state index is 7.10. The Morgan fingerprint density at radius 2 is 2.43 bits per heavy atom. The fraction of sp³-hybridized carbons (Fsp3) is 0.625. The zero-order chi connectivity index (χ0) is 10.6. The van der Waals surface area contributed by atoms with Gasteiger partial charge in [-0.15, -0.1) is 0 Å². The van der Waals surface area contributed by atoms with E-state index < -0.39 is 0 Å². The number of rotatable bonds is 5. The van der Waals surface area contributed by atoms with Crippen LogP contribution < -0.4 is 5.73 Å². The number of nitrogens with zero attached hydrogens (tertiary/aromatic N) is 4. The smallest absolute Gasteiger partial charge is 0.140 e. The normalized spacial score (nSPS) is 10.8. The molecule has 1 aromatic rings. The number of hydrogen-bond donors (Lipinski definition) is 2. The summed E-state index contributed by atoms with van der Waals surface area (Å²) in [7, 11) is 3.83. The Morgan fingerprint density at radius 3 is 2.93 bits per heavy atom. The molecule has 0 fully saturated rings. The molecule has 0 spiro atoms. The number of amidine groups is 1. The van der Waals surface area contributed by atoms with Gasteiger partial charge in [-0.25, -0.2) is 4.98 Å². The minimum absolute atomic E-state index is 0.217. The molecule has 6 nitrogen and oxygen atoms in total. The highest BCUT2D eigenvalue weighted by Crippen LogP contribution is 1.97. The Labute approximate surface area is 83.2 Å². The Morgan fingerprint density at radius 1 is 1.71 bits per heavy atom. The Bertz CT molecular complexity index is 305. The number of aromatic nitrogens is 3. The third-order valence-corrected chi connectivity index (χ3v) is 1.98. The SMILES string of the molecule is CN(CCC(=N)N)Cc1ncnn1C. The Kier molecular flexibility index (Phi) is 3.58. The van der Waals surface area contributed by atoms with Crippen LogP contribution in [0, 0.1) is 5.41 Å². The van der Waals surface area contributed by atoms with Crippen LogP contribution in [-0.2, 0) is 13.6 Å². The summed E-state index contributed by atoms with van der Waals surface area (Å²) in [5.74, 6) is 1.13. The van der Waals surface area contributed by atoms with Gasteiger partial charge < -0.3 is 5.73 Å². The minimum Gasteiger partial charge on any atom is -0.388 e. The second-order valence-electron chi connectivity index (χ2n) is 3.31. The number of hydrogen-bond acceptors (Lipinski definition) is 4. The second kappa shape index (κ2) is 4.71. The van der Waals surface area contributed by atoms with E-state index in [0.29, 0.717) is 6.42 Å². The summed E-state index contributed by atoms with van der Waals surface area (Å²) in [6.45, 7) is 1.49. The van der Waals surface area contributed by atoms with Crippen molar-refractivity contribution in [3.8, 4) is 0 Å². The first kappa shape index (κ1) is 10.6. The lowest BCUT2D eigenvalue weighted by Gasteiger charge is -2.14. The molecule has 0 aliphatic heterocycles. The first-order chi connectivity index (χ1) is 6.59. The van der Waals surface area contributed by atoms with Gasteiger partial charge in [-0.05, 0) is 7.05 Å². The molecule has 0 saturated carbocycles. The molecule has 78 valence electrons. The fourth-order valence-corrected chi connectivity index (χ4v) is 1.10. The monoisotopic (exact) mass is 196 g/mol. The lowest BCUT2D eigenvalue weighted by atomic mass is 10.3. The molecule has 0 aromatic carbocycles. The highest BCUT2D eigenvalue weighted by molar-refractivity contribution is 5.76. The largest absolute Gasteiger partial charge is 0.388 e. The van der Waals surface area contributed by atoms with Crippen molar-refractivity contribution in [1.29, 1.82) is 5.41 Å². The number of nitrogens with one attached hydrogen (secondary N) is 1. The molecule has 0 aliphatic rings. The van der Waals surface area contributed by atoms with Gasteiger partial charge in [-0.3, -0.25) is 15.0 Å². The van der Waals surface area contributed by atoms with Gasteiger partial charge in [0.2, 0.25) is 0 Å². The maximum Gasteiger partial charge on any atom is 0.140 e. The van der Waals surface area contributed by atoms with E-state index in [2.05, 4.69) is 15.0 Å². The maximum atomic E-state index is 7.10. The van der Waals surface area contributed by atoms with Gasteiger partial charge >= 0.3 is 0 Å². The Hall–Kier alpha value is -1.43. The van der Waals surface area contributed by atoms with Crippen molar-refractivity contribution in [1.82, 2.24) is 19.7 Å². The quantitative estimate of drug-likeness (QED) is 0.494. The summed E-state index contributed by atoms with van der Waals surface area (Å²) in [6, 6.07) is 0. The van der Waals surface area contributed by atoms with Crippen LogP contribution in [0.1, 0.15) is 12.2 Å². The van der Waals surface area contributed by atoms with Crippen molar-refractivity contribution < 1.29 is 0 Å². The summed E-state index contributed by atoms with van der Waals surface area (Å²) in [4.78, 5) is 6.17. The lowest BCUT2D eigenvalue weighted by Crippen LogP contribution is -2.25. The number of aryl methyl sites for hydroxylation is 1. The fourth-order valence-electron chi connectivity index (χ4n) is 1.10. The molecule has 0 unspecified atom stereocenters. The topological polar surface area (TPSA) is 83.8 Å². The van der Waals surface area contributed by atoms with Crippen LogP contribution in [0.4, 0.5) is 0 Å². The van der Waals surface area contributed by atoms with Crippen LogP contribution >= 0.6 is 0 Å². The molecule has 0 aliphatic carbocycles. The van der Waals surface area contributed by atoms with Crippen molar-refractivity contribution in [2.24, 2.45) is 12.8 Å². The molecule has 1 aromatic heterocycles. The van der Waals surface area contributed by atoms with E-state index in [1.54, 1.807) is 4.68 Å². The third-order valence-electron chi connectivity index (χ3n) is 1.98. The molecule has 0 bridgehead atoms. The summed E-state index contributed by atoms with van der Waals surface area (Å²) < 4.78 is 1.74. The van der Waals surface area contributed by atoms with Gasteiger partial charge in [0.15, 0.2) is 0 Å². The first-order valence-electron chi connectivity index (χ1n) is 4.44. The predicted octanol–water partition coefficient (Wildman–Crippen LogP) is -0.427. The molecular formula is C8H16N6. The molecule has 6 heteroatoms. The average molecular weight is 196 g/mol. The lowest BCUT2D eigenvalue weighted by molar-refractivity contribution is 0.322. The molecule has 0 radical (unpaired) electrons. The molecule has 0 amide bonds. The average Bonchev–Trinajstić information content (AvgIpc) is 2.49. The van der Waals surface area contributed by atoms with Crippen LogP contribution in [-0.4, -0.2) is 39.1 Å². The van der Waals surface area contributed by atoms with Crippen LogP contribution in [0.15, 0.2) is 6.33 Å². The van der Waals surface area contributed by atoms with Crippen molar-refractivity contribution in [3.05, 3.63) is 12.2 Å². The highest BCUT2D eigenvalue weighted by Gasteiger charge is 2.05. The molecule has 0 atom stereocenters. The van der Waals surface area contributed by atoms with E-state index in [-0.39, 0.29) is 5.84 Å². The van der Waals surface area contributed by atoms with Crippen molar-refractivity contribution in [3.63, 3.8) is 0 Å². The van der Waals surface area contributed by atoms with E-state index in [1.807, 2.05) is 14.1 Å². The van der Waals surface area contributed by atoms with Gasteiger partial charge in [-0.2, -0.15) is 5.10 Å². The second-order valence-corrected chi connectivity index (χ2v) is 3.31. The van der Waals surface area contributed by atoms with Gasteiger partial charge in [-0.1, -0.05) is 0 Å². The van der Waals surface area contributed by atoms with E-state index >= 15 is 0 Å². The van der Waals surface area contributed by atoms with Crippen LogP contribution in [0.5, 0.6) is 0 Å². The molecule has 1 rings (SSSR count). The Balaban J connectivity index is 2.37. The third kappa shape index (κ3) is 3.14. The van der Waals surface area contributed by atoms with Crippen molar-refractivity contribution in [2.75, 3.05) is 13.6 Å². The van der Waals surface area contributed by atoms with Gasteiger partial charge in [0.05, 0.1) is 12.4 Å². The van der Waals surface area contributed by atoms with Crippen molar-refractivity contribution >= 4 is 5.84 Å². The van der Waals surface area contributed by atoms with E-state index in [1.165, 1.54) is 6.33 Å². The molecule has 14 heavy (non-hydrogen) atoms. The van der Waals surface area contributed by atoms with Gasteiger partial charge in [0.1, 0.15) is 12.2 Å². The minimum atomic E-state index is 0.217. The summed E-state index contributed by atoms with van der Waals surface area (Å²) in [5, 5.41) is 11.1. The standard InChI is InChI=1S/C8H16N6/c1-13(4-3-7(9)10)5-8-11-6-12-14(8)2/h6H,3-5H2,1-2H3,(H3,9,10). The molecular weight excluding hydrogens is 180 g/mol. The molecule has 1 heterocycles. The van der Waals surface area contributed by atoms with Crippen LogP contribution in [0.3, 0.4) is 0 Å². The van der Waals surface area contributed by atoms with E-state index in [4.69, 9.17) is 11.1 Å². The van der Waals surface area contributed by atoms with E-state index in [9.17, 15) is 0 Å². The highest BCUT2D eigenvalue weighted by atomic mass is 15.3. The summed E-state index contributed by atoms with van der Waals surface area (Å²) in [6.07, 6.45) is 2.13. The van der Waals surface area contributed by atoms with Gasteiger partial charge in [0, 0.05) is 20.0 Å². The predicted molar refractivity (Wildman–Crippen MR) is 53.9 cm³/mol. The molecule has 0 saturated heterocycles. The zero-order valence-corrected chi connectivity index (χ0v) is 8.56. The van der Waals surface area contributed by atoms with Gasteiger partial charge in [0.25, 0.3) is 0 Å².